The van der Waals surface area contributed by atoms with Gasteiger partial charge in [-0.1, -0.05) is 55.5 Å². The highest BCUT2D eigenvalue weighted by atomic mass is 31.0. The summed E-state index contributed by atoms with van der Waals surface area (Å²) in [4.78, 5) is 21.0. The highest BCUT2D eigenvalue weighted by Gasteiger charge is 2.25. The van der Waals surface area contributed by atoms with Gasteiger partial charge in [-0.05, 0) is 64.3 Å². The van der Waals surface area contributed by atoms with Gasteiger partial charge in [-0.25, -0.2) is 13.2 Å². The van der Waals surface area contributed by atoms with Crippen molar-refractivity contribution in [2.45, 2.75) is 58.7 Å². The predicted molar refractivity (Wildman–Crippen MR) is 186 cm³/mol. The molecule has 0 saturated carbocycles. The maximum absolute atomic E-state index is 15.2. The number of aromatic nitrogens is 1. The average molecular weight is 639 g/mol. The van der Waals surface area contributed by atoms with Crippen LogP contribution in [0.15, 0.2) is 77.8 Å². The maximum atomic E-state index is 15.2. The Morgan fingerprint density at radius 1 is 1.04 bits per heavy atom. The van der Waals surface area contributed by atoms with E-state index in [1.807, 2.05) is 74.2 Å². The van der Waals surface area contributed by atoms with Crippen molar-refractivity contribution in [3.8, 4) is 0 Å². The summed E-state index contributed by atoms with van der Waals surface area (Å²) in [6.45, 7) is 9.83. The van der Waals surface area contributed by atoms with Crippen LogP contribution in [0.4, 0.5) is 18.9 Å². The molecule has 45 heavy (non-hydrogen) atoms. The van der Waals surface area contributed by atoms with E-state index in [4.69, 9.17) is 0 Å². The van der Waals surface area contributed by atoms with E-state index in [-0.39, 0.29) is 35.2 Å². The third kappa shape index (κ3) is 8.35. The highest BCUT2D eigenvalue weighted by Crippen LogP contribution is 2.28. The van der Waals surface area contributed by atoms with Crippen LogP contribution in [0.25, 0.3) is 10.9 Å². The fourth-order valence-electron chi connectivity index (χ4n) is 5.94. The molecule has 9 heteroatoms. The Bertz CT molecular complexity index is 1610. The lowest BCUT2D eigenvalue weighted by atomic mass is 10.0. The SMILES string of the molecule is C\C=C/C=C\C=C\CC(CC)N(C)C(C)c1cn(Cc2ccc(C(F)F)cc2F)c2cc(N3CCN(C)CC3)c(P)cc2c1=O. The first-order chi connectivity index (χ1) is 21.5. The molecule has 0 bridgehead atoms. The zero-order chi connectivity index (χ0) is 32.7. The van der Waals surface area contributed by atoms with Crippen molar-refractivity contribution >= 4 is 31.1 Å². The standard InChI is InChI=1S/C36H46F3N4OP/c1-6-8-9-10-11-12-13-28(7-2)41(5)25(3)30-24-43(23-27-15-14-26(36(38)39)20-31(27)37)32-22-33(34(45)21-29(32)35(30)44)42-18-16-40(4)17-19-42/h6,8-12,14-15,20-22,24-25,28,36H,7,13,16-19,23,45H2,1-5H3/b8-6-,10-9-,12-11+. The van der Waals surface area contributed by atoms with Crippen molar-refractivity contribution in [1.82, 2.24) is 14.4 Å². The molecule has 1 fully saturated rings. The molecule has 0 radical (unpaired) electrons. The Balaban J connectivity index is 1.78. The van der Waals surface area contributed by atoms with Gasteiger partial charge in [-0.2, -0.15) is 0 Å². The van der Waals surface area contributed by atoms with Crippen molar-refractivity contribution in [2.24, 2.45) is 0 Å². The Hall–Kier alpha value is -3.19. The number of likely N-dealkylation sites (N-methyl/N-ethyl adjacent to an activating group) is 1. The van der Waals surface area contributed by atoms with E-state index in [0.717, 1.165) is 56.1 Å². The van der Waals surface area contributed by atoms with Gasteiger partial charge < -0.3 is 14.4 Å². The Morgan fingerprint density at radius 3 is 2.40 bits per heavy atom. The van der Waals surface area contributed by atoms with Gasteiger partial charge in [0.1, 0.15) is 5.82 Å². The zero-order valence-electron chi connectivity index (χ0n) is 27.0. The minimum Gasteiger partial charge on any atom is -0.368 e. The van der Waals surface area contributed by atoms with Crippen LogP contribution >= 0.6 is 9.24 Å². The van der Waals surface area contributed by atoms with Crippen molar-refractivity contribution in [1.29, 1.82) is 0 Å². The molecule has 1 aliphatic heterocycles. The lowest BCUT2D eigenvalue weighted by Crippen LogP contribution is -2.45. The Morgan fingerprint density at radius 2 is 1.76 bits per heavy atom. The number of halogens is 3. The quantitative estimate of drug-likeness (QED) is 0.155. The first-order valence-electron chi connectivity index (χ1n) is 15.7. The topological polar surface area (TPSA) is 31.7 Å². The van der Waals surface area contributed by atoms with Gasteiger partial charge in [0.25, 0.3) is 6.43 Å². The molecule has 0 aliphatic carbocycles. The van der Waals surface area contributed by atoms with Gasteiger partial charge in [0, 0.05) is 72.2 Å². The summed E-state index contributed by atoms with van der Waals surface area (Å²) in [7, 11) is 6.93. The van der Waals surface area contributed by atoms with Crippen LogP contribution in [0.5, 0.6) is 0 Å². The summed E-state index contributed by atoms with van der Waals surface area (Å²) >= 11 is 0. The number of benzene rings is 2. The van der Waals surface area contributed by atoms with Crippen molar-refractivity contribution < 1.29 is 13.2 Å². The summed E-state index contributed by atoms with van der Waals surface area (Å²) in [5.74, 6) is -0.686. The lowest BCUT2D eigenvalue weighted by molar-refractivity contribution is 0.151. The number of fused-ring (bicyclic) bond motifs is 1. The third-order valence-electron chi connectivity index (χ3n) is 8.95. The number of alkyl halides is 2. The second-order valence-corrected chi connectivity index (χ2v) is 12.5. The molecular formula is C36H46F3N4OP. The minimum absolute atomic E-state index is 0.0533. The molecule has 1 saturated heterocycles. The van der Waals surface area contributed by atoms with E-state index >= 15 is 4.39 Å². The van der Waals surface area contributed by atoms with Crippen LogP contribution in [0.1, 0.15) is 62.8 Å². The van der Waals surface area contributed by atoms with E-state index in [2.05, 4.69) is 44.0 Å². The second-order valence-electron chi connectivity index (χ2n) is 11.9. The summed E-state index contributed by atoms with van der Waals surface area (Å²) in [6, 6.07) is 7.53. The molecule has 5 nitrogen and oxygen atoms in total. The van der Waals surface area contributed by atoms with Gasteiger partial charge in [-0.15, -0.1) is 9.24 Å². The van der Waals surface area contributed by atoms with Crippen LogP contribution < -0.4 is 15.6 Å². The molecule has 4 rings (SSSR count). The smallest absolute Gasteiger partial charge is 0.263 e. The van der Waals surface area contributed by atoms with Gasteiger partial charge >= 0.3 is 0 Å². The fraction of sp³-hybridized carbons (Fsp3) is 0.417. The number of rotatable bonds is 12. The monoisotopic (exact) mass is 638 g/mol. The van der Waals surface area contributed by atoms with Crippen LogP contribution in [-0.2, 0) is 6.54 Å². The van der Waals surface area contributed by atoms with Crippen LogP contribution in [0.3, 0.4) is 0 Å². The van der Waals surface area contributed by atoms with Crippen LogP contribution in [0.2, 0.25) is 0 Å². The van der Waals surface area contributed by atoms with Crippen LogP contribution in [0, 0.1) is 5.82 Å². The maximum Gasteiger partial charge on any atom is 0.263 e. The molecule has 242 valence electrons. The van der Waals surface area contributed by atoms with E-state index in [1.165, 1.54) is 12.1 Å². The van der Waals surface area contributed by atoms with E-state index in [1.54, 1.807) is 0 Å². The molecule has 1 aromatic heterocycles. The second kappa shape index (κ2) is 15.9. The van der Waals surface area contributed by atoms with Crippen molar-refractivity contribution in [2.75, 3.05) is 45.2 Å². The number of allylic oxidation sites excluding steroid dienone is 5. The minimum atomic E-state index is -2.75. The highest BCUT2D eigenvalue weighted by molar-refractivity contribution is 7.28. The van der Waals surface area contributed by atoms with Gasteiger partial charge in [0.15, 0.2) is 5.43 Å². The summed E-state index contributed by atoms with van der Waals surface area (Å²) in [6.07, 6.45) is 12.9. The van der Waals surface area contributed by atoms with E-state index in [0.29, 0.717) is 16.5 Å². The van der Waals surface area contributed by atoms with Crippen molar-refractivity contribution in [3.63, 3.8) is 0 Å². The molecule has 1 aliphatic rings. The first-order valence-corrected chi connectivity index (χ1v) is 16.3. The van der Waals surface area contributed by atoms with Crippen LogP contribution in [-0.4, -0.2) is 60.7 Å². The molecule has 2 heterocycles. The first kappa shape index (κ1) is 34.7. The molecule has 3 unspecified atom stereocenters. The summed E-state index contributed by atoms with van der Waals surface area (Å²) in [5, 5.41) is 1.49. The van der Waals surface area contributed by atoms with E-state index < -0.39 is 12.2 Å². The molecule has 3 atom stereocenters. The molecular weight excluding hydrogens is 592 g/mol. The Kier molecular flexibility index (Phi) is 12.2. The third-order valence-corrected chi connectivity index (χ3v) is 9.41. The fourth-order valence-corrected chi connectivity index (χ4v) is 6.37. The summed E-state index contributed by atoms with van der Waals surface area (Å²) in [5.41, 5.74) is 2.21. The predicted octanol–water partition coefficient (Wildman–Crippen LogP) is 7.23. The molecule has 0 amide bonds. The van der Waals surface area contributed by atoms with Crippen molar-refractivity contribution in [3.05, 3.63) is 106 Å². The van der Waals surface area contributed by atoms with Gasteiger partial charge in [0.2, 0.25) is 0 Å². The largest absolute Gasteiger partial charge is 0.368 e. The molecule has 2 aromatic carbocycles. The molecule has 0 spiro atoms. The van der Waals surface area contributed by atoms with E-state index in [9.17, 15) is 13.6 Å². The van der Waals surface area contributed by atoms with Gasteiger partial charge in [-0.3, -0.25) is 9.69 Å². The number of hydrogen-bond donors (Lipinski definition) is 0. The Labute approximate surface area is 267 Å². The number of piperazine rings is 1. The summed E-state index contributed by atoms with van der Waals surface area (Å²) < 4.78 is 43.6. The normalized spacial score (nSPS) is 16.4. The van der Waals surface area contributed by atoms with Gasteiger partial charge in [0.05, 0.1) is 12.1 Å². The number of hydrogen-bond acceptors (Lipinski definition) is 4. The number of pyridine rings is 1. The molecule has 3 aromatic rings. The average Bonchev–Trinajstić information content (AvgIpc) is 3.02. The number of anilines is 1. The lowest BCUT2D eigenvalue weighted by Gasteiger charge is -2.35. The zero-order valence-corrected chi connectivity index (χ0v) is 28.2. The number of nitrogens with zero attached hydrogens (tertiary/aromatic N) is 4. The molecule has 0 N–H and O–H groups in total.